The van der Waals surface area contributed by atoms with Crippen LogP contribution in [0.4, 0.5) is 0 Å². The minimum atomic E-state index is -3.45. The Labute approximate surface area is 148 Å². The lowest BCUT2D eigenvalue weighted by atomic mass is 10.2. The van der Waals surface area contributed by atoms with Crippen LogP contribution in [0.3, 0.4) is 0 Å². The van der Waals surface area contributed by atoms with Gasteiger partial charge in [-0.2, -0.15) is 9.29 Å². The number of hydrogen-bond donors (Lipinski definition) is 0. The fourth-order valence-electron chi connectivity index (χ4n) is 2.95. The molecule has 1 saturated heterocycles. The first kappa shape index (κ1) is 18.0. The monoisotopic (exact) mass is 364 g/mol. The zero-order chi connectivity index (χ0) is 18.0. The quantitative estimate of drug-likeness (QED) is 0.804. The van der Waals surface area contributed by atoms with E-state index in [1.807, 2.05) is 32.9 Å². The zero-order valence-electron chi connectivity index (χ0n) is 14.9. The van der Waals surface area contributed by atoms with E-state index in [-0.39, 0.29) is 0 Å². The number of hydrogen-bond acceptors (Lipinski definition) is 6. The third-order valence-electron chi connectivity index (χ3n) is 4.47. The van der Waals surface area contributed by atoms with Crippen LogP contribution in [0.1, 0.15) is 29.8 Å². The molecule has 0 bridgehead atoms. The molecular weight excluding hydrogens is 340 g/mol. The highest BCUT2D eigenvalue weighted by Crippen LogP contribution is 2.22. The van der Waals surface area contributed by atoms with Crippen molar-refractivity contribution in [2.45, 2.75) is 38.6 Å². The number of benzene rings is 1. The van der Waals surface area contributed by atoms with Crippen molar-refractivity contribution in [1.82, 2.24) is 19.3 Å². The normalized spacial score (nSPS) is 17.1. The van der Waals surface area contributed by atoms with Crippen molar-refractivity contribution in [3.05, 3.63) is 41.0 Å². The molecule has 2 heterocycles. The summed E-state index contributed by atoms with van der Waals surface area (Å²) in [6.45, 7) is 8.54. The molecule has 136 valence electrons. The van der Waals surface area contributed by atoms with E-state index in [4.69, 9.17) is 4.52 Å². The maximum absolute atomic E-state index is 12.9. The second kappa shape index (κ2) is 7.23. The highest BCUT2D eigenvalue weighted by atomic mass is 32.2. The smallest absolute Gasteiger partial charge is 0.243 e. The first-order valence-corrected chi connectivity index (χ1v) is 9.95. The van der Waals surface area contributed by atoms with Crippen molar-refractivity contribution >= 4 is 10.0 Å². The summed E-state index contributed by atoms with van der Waals surface area (Å²) in [4.78, 5) is 6.87. The van der Waals surface area contributed by atoms with Crippen molar-refractivity contribution in [2.75, 3.05) is 26.2 Å². The summed E-state index contributed by atoms with van der Waals surface area (Å²) in [6, 6.07) is 5.55. The van der Waals surface area contributed by atoms with Crippen LogP contribution in [0.2, 0.25) is 0 Å². The SMILES string of the molecule is CCc1nc(CN2CCN(S(=O)(=O)c3cc(C)ccc3C)CC2)no1. The van der Waals surface area contributed by atoms with Gasteiger partial charge in [0.15, 0.2) is 5.82 Å². The number of sulfonamides is 1. The Morgan fingerprint density at radius 2 is 1.88 bits per heavy atom. The van der Waals surface area contributed by atoms with Crippen LogP contribution in [0.15, 0.2) is 27.6 Å². The Morgan fingerprint density at radius 1 is 1.16 bits per heavy atom. The largest absolute Gasteiger partial charge is 0.339 e. The lowest BCUT2D eigenvalue weighted by Crippen LogP contribution is -2.48. The van der Waals surface area contributed by atoms with Crippen LogP contribution in [-0.2, 0) is 23.0 Å². The van der Waals surface area contributed by atoms with Gasteiger partial charge in [0, 0.05) is 32.6 Å². The van der Waals surface area contributed by atoms with Crippen LogP contribution < -0.4 is 0 Å². The van der Waals surface area contributed by atoms with Crippen LogP contribution >= 0.6 is 0 Å². The molecule has 3 rings (SSSR count). The summed E-state index contributed by atoms with van der Waals surface area (Å²) in [6.07, 6.45) is 0.717. The molecular formula is C17H24N4O3S. The fraction of sp³-hybridized carbons (Fsp3) is 0.529. The van der Waals surface area contributed by atoms with E-state index in [1.54, 1.807) is 10.4 Å². The number of aromatic nitrogens is 2. The molecule has 2 aromatic rings. The Balaban J connectivity index is 1.66. The topological polar surface area (TPSA) is 79.5 Å². The second-order valence-corrected chi connectivity index (χ2v) is 8.31. The van der Waals surface area contributed by atoms with Gasteiger partial charge in [-0.25, -0.2) is 8.42 Å². The first-order chi connectivity index (χ1) is 11.9. The van der Waals surface area contributed by atoms with Gasteiger partial charge in [-0.3, -0.25) is 4.90 Å². The molecule has 0 N–H and O–H groups in total. The minimum absolute atomic E-state index is 0.409. The van der Waals surface area contributed by atoms with Crippen LogP contribution in [0.25, 0.3) is 0 Å². The first-order valence-electron chi connectivity index (χ1n) is 8.51. The fourth-order valence-corrected chi connectivity index (χ4v) is 4.68. The molecule has 7 nitrogen and oxygen atoms in total. The van der Waals surface area contributed by atoms with Gasteiger partial charge in [0.2, 0.25) is 15.9 Å². The molecule has 0 aliphatic carbocycles. The molecule has 0 saturated carbocycles. The van der Waals surface area contributed by atoms with E-state index in [9.17, 15) is 8.42 Å². The minimum Gasteiger partial charge on any atom is -0.339 e. The maximum atomic E-state index is 12.9. The van der Waals surface area contributed by atoms with E-state index >= 15 is 0 Å². The molecule has 8 heteroatoms. The third kappa shape index (κ3) is 3.91. The average Bonchev–Trinajstić information content (AvgIpc) is 3.05. The Kier molecular flexibility index (Phi) is 5.21. The highest BCUT2D eigenvalue weighted by Gasteiger charge is 2.30. The van der Waals surface area contributed by atoms with E-state index in [0.29, 0.717) is 49.3 Å². The molecule has 1 aromatic carbocycles. The predicted octanol–water partition coefficient (Wildman–Crippen LogP) is 1.76. The van der Waals surface area contributed by atoms with Gasteiger partial charge < -0.3 is 4.52 Å². The molecule has 0 spiro atoms. The third-order valence-corrected chi connectivity index (χ3v) is 6.51. The summed E-state index contributed by atoms with van der Waals surface area (Å²) >= 11 is 0. The van der Waals surface area contributed by atoms with E-state index < -0.39 is 10.0 Å². The van der Waals surface area contributed by atoms with Gasteiger partial charge in [-0.1, -0.05) is 24.2 Å². The highest BCUT2D eigenvalue weighted by molar-refractivity contribution is 7.89. The predicted molar refractivity (Wildman–Crippen MR) is 93.6 cm³/mol. The molecule has 0 unspecified atom stereocenters. The Morgan fingerprint density at radius 3 is 2.52 bits per heavy atom. The molecule has 0 amide bonds. The van der Waals surface area contributed by atoms with Crippen molar-refractivity contribution in [2.24, 2.45) is 0 Å². The molecule has 1 fully saturated rings. The summed E-state index contributed by atoms with van der Waals surface area (Å²) in [5.41, 5.74) is 1.73. The van der Waals surface area contributed by atoms with Gasteiger partial charge in [0.1, 0.15) is 0 Å². The molecule has 25 heavy (non-hydrogen) atoms. The Bertz CT molecular complexity index is 839. The van der Waals surface area contributed by atoms with Crippen molar-refractivity contribution in [3.63, 3.8) is 0 Å². The standard InChI is InChI=1S/C17H24N4O3S/c1-4-17-18-16(19-24-17)12-20-7-9-21(10-8-20)25(22,23)15-11-13(2)5-6-14(15)3/h5-6,11H,4,7-10,12H2,1-3H3. The Hall–Kier alpha value is -1.77. The van der Waals surface area contributed by atoms with Crippen LogP contribution in [0.5, 0.6) is 0 Å². The molecule has 1 aromatic heterocycles. The number of aryl methyl sites for hydroxylation is 3. The zero-order valence-corrected chi connectivity index (χ0v) is 15.7. The lowest BCUT2D eigenvalue weighted by Gasteiger charge is -2.33. The van der Waals surface area contributed by atoms with Crippen LogP contribution in [-0.4, -0.2) is 53.9 Å². The van der Waals surface area contributed by atoms with Gasteiger partial charge in [-0.05, 0) is 31.0 Å². The number of piperazine rings is 1. The van der Waals surface area contributed by atoms with Crippen molar-refractivity contribution in [1.29, 1.82) is 0 Å². The van der Waals surface area contributed by atoms with E-state index in [2.05, 4.69) is 15.0 Å². The van der Waals surface area contributed by atoms with Crippen molar-refractivity contribution in [3.8, 4) is 0 Å². The van der Waals surface area contributed by atoms with Gasteiger partial charge in [0.25, 0.3) is 0 Å². The average molecular weight is 364 g/mol. The van der Waals surface area contributed by atoms with Gasteiger partial charge in [-0.15, -0.1) is 0 Å². The molecule has 1 aliphatic rings. The summed E-state index contributed by atoms with van der Waals surface area (Å²) in [5.74, 6) is 1.29. The van der Waals surface area contributed by atoms with Gasteiger partial charge in [0.05, 0.1) is 11.4 Å². The summed E-state index contributed by atoms with van der Waals surface area (Å²) in [7, 11) is -3.45. The van der Waals surface area contributed by atoms with E-state index in [1.165, 1.54) is 0 Å². The summed E-state index contributed by atoms with van der Waals surface area (Å²) < 4.78 is 32.6. The second-order valence-electron chi connectivity index (χ2n) is 6.41. The number of rotatable bonds is 5. The number of nitrogens with zero attached hydrogens (tertiary/aromatic N) is 4. The molecule has 1 aliphatic heterocycles. The summed E-state index contributed by atoms with van der Waals surface area (Å²) in [5, 5.41) is 3.96. The molecule has 0 radical (unpaired) electrons. The van der Waals surface area contributed by atoms with Gasteiger partial charge >= 0.3 is 0 Å². The van der Waals surface area contributed by atoms with E-state index in [0.717, 1.165) is 17.5 Å². The van der Waals surface area contributed by atoms with Crippen LogP contribution in [0, 0.1) is 13.8 Å². The molecule has 0 atom stereocenters. The lowest BCUT2D eigenvalue weighted by molar-refractivity contribution is 0.176. The van der Waals surface area contributed by atoms with Crippen molar-refractivity contribution < 1.29 is 12.9 Å². The maximum Gasteiger partial charge on any atom is 0.243 e.